The van der Waals surface area contributed by atoms with E-state index in [4.69, 9.17) is 5.11 Å². The Morgan fingerprint density at radius 3 is 2.56 bits per heavy atom. The average Bonchev–Trinajstić information content (AvgIpc) is 2.62. The lowest BCUT2D eigenvalue weighted by atomic mass is 10.2. The Morgan fingerprint density at radius 1 is 1.20 bits per heavy atom. The number of urea groups is 1. The van der Waals surface area contributed by atoms with Crippen LogP contribution in [0.5, 0.6) is 0 Å². The van der Waals surface area contributed by atoms with Gasteiger partial charge in [-0.3, -0.25) is 0 Å². The number of aliphatic hydroxyl groups is 2. The number of rotatable bonds is 7. The molecule has 1 atom stereocenters. The number of carbonyl (C=O) groups is 1. The van der Waals surface area contributed by atoms with Crippen molar-refractivity contribution in [1.82, 2.24) is 4.90 Å². The highest BCUT2D eigenvalue weighted by Crippen LogP contribution is 2.30. The summed E-state index contributed by atoms with van der Waals surface area (Å²) in [4.78, 5) is 14.6. The van der Waals surface area contributed by atoms with Crippen LogP contribution in [0.4, 0.5) is 10.5 Å². The SMILES string of the molecule is Cc1ccc(CSc2ccccc2NC(=O)N(C)C[C@H](O)CO)cc1. The zero-order valence-corrected chi connectivity index (χ0v) is 15.3. The third-order valence-electron chi connectivity index (χ3n) is 3.69. The molecule has 3 N–H and O–H groups in total. The quantitative estimate of drug-likeness (QED) is 0.664. The molecule has 0 heterocycles. The van der Waals surface area contributed by atoms with E-state index in [9.17, 15) is 9.90 Å². The minimum absolute atomic E-state index is 0.0704. The van der Waals surface area contributed by atoms with Gasteiger partial charge in [0, 0.05) is 17.7 Å². The highest BCUT2D eigenvalue weighted by atomic mass is 32.2. The molecule has 2 aromatic carbocycles. The molecule has 6 heteroatoms. The molecule has 0 aliphatic rings. The Kier molecular flexibility index (Phi) is 7.31. The van der Waals surface area contributed by atoms with E-state index in [0.29, 0.717) is 0 Å². The van der Waals surface area contributed by atoms with E-state index in [0.717, 1.165) is 16.3 Å². The van der Waals surface area contributed by atoms with Crippen LogP contribution < -0.4 is 5.32 Å². The van der Waals surface area contributed by atoms with Crippen molar-refractivity contribution in [3.8, 4) is 0 Å². The van der Waals surface area contributed by atoms with Crippen LogP contribution in [0.1, 0.15) is 11.1 Å². The summed E-state index contributed by atoms with van der Waals surface area (Å²) in [5.74, 6) is 0.812. The van der Waals surface area contributed by atoms with Gasteiger partial charge in [-0.25, -0.2) is 4.79 Å². The van der Waals surface area contributed by atoms with Crippen molar-refractivity contribution in [2.75, 3.05) is 25.5 Å². The Labute approximate surface area is 152 Å². The van der Waals surface area contributed by atoms with Crippen molar-refractivity contribution < 1.29 is 15.0 Å². The maximum atomic E-state index is 12.2. The molecule has 0 aliphatic heterocycles. The molecule has 0 unspecified atom stereocenters. The maximum absolute atomic E-state index is 12.2. The van der Waals surface area contributed by atoms with Crippen LogP contribution >= 0.6 is 11.8 Å². The number of nitrogens with one attached hydrogen (secondary N) is 1. The highest BCUT2D eigenvalue weighted by Gasteiger charge is 2.14. The van der Waals surface area contributed by atoms with Gasteiger partial charge in [0.2, 0.25) is 0 Å². The van der Waals surface area contributed by atoms with E-state index in [-0.39, 0.29) is 19.2 Å². The second-order valence-corrected chi connectivity index (χ2v) is 6.93. The molecule has 0 bridgehead atoms. The van der Waals surface area contributed by atoms with Gasteiger partial charge < -0.3 is 20.4 Å². The number of amides is 2. The van der Waals surface area contributed by atoms with Crippen LogP contribution in [0.3, 0.4) is 0 Å². The van der Waals surface area contributed by atoms with Gasteiger partial charge in [-0.2, -0.15) is 0 Å². The number of hydrogen-bond acceptors (Lipinski definition) is 4. The fraction of sp³-hybridized carbons (Fsp3) is 0.316. The lowest BCUT2D eigenvalue weighted by Crippen LogP contribution is -2.38. The van der Waals surface area contributed by atoms with E-state index in [1.807, 2.05) is 24.3 Å². The second-order valence-electron chi connectivity index (χ2n) is 5.92. The average molecular weight is 360 g/mol. The van der Waals surface area contributed by atoms with Crippen molar-refractivity contribution in [1.29, 1.82) is 0 Å². The summed E-state index contributed by atoms with van der Waals surface area (Å²) in [6, 6.07) is 15.7. The smallest absolute Gasteiger partial charge is 0.321 e. The van der Waals surface area contributed by atoms with Crippen molar-refractivity contribution in [2.24, 2.45) is 0 Å². The normalized spacial score (nSPS) is 11.8. The number of thioether (sulfide) groups is 1. The van der Waals surface area contributed by atoms with Crippen LogP contribution in [0.2, 0.25) is 0 Å². The summed E-state index contributed by atoms with van der Waals surface area (Å²) in [5, 5.41) is 21.2. The largest absolute Gasteiger partial charge is 0.394 e. The number of aryl methyl sites for hydroxylation is 1. The second kappa shape index (κ2) is 9.46. The standard InChI is InChI=1S/C19H24N2O3S/c1-14-7-9-15(10-8-14)13-25-18-6-4-3-5-17(18)20-19(24)21(2)11-16(23)12-22/h3-10,16,22-23H,11-13H2,1-2H3,(H,20,24)/t16-/m0/s1. The first kappa shape index (κ1) is 19.3. The molecule has 0 saturated carbocycles. The van der Waals surface area contributed by atoms with Gasteiger partial charge in [-0.05, 0) is 24.6 Å². The molecule has 2 rings (SSSR count). The zero-order valence-electron chi connectivity index (χ0n) is 14.5. The molecule has 2 aromatic rings. The number of aliphatic hydroxyl groups excluding tert-OH is 2. The Morgan fingerprint density at radius 2 is 1.88 bits per heavy atom. The van der Waals surface area contributed by atoms with Crippen LogP contribution in [-0.4, -0.2) is 47.4 Å². The number of benzene rings is 2. The van der Waals surface area contributed by atoms with Gasteiger partial charge in [0.05, 0.1) is 24.9 Å². The van der Waals surface area contributed by atoms with Crippen LogP contribution in [0, 0.1) is 6.92 Å². The van der Waals surface area contributed by atoms with Crippen molar-refractivity contribution in [2.45, 2.75) is 23.7 Å². The molecular formula is C19H24N2O3S. The number of carbonyl (C=O) groups excluding carboxylic acids is 1. The lowest BCUT2D eigenvalue weighted by molar-refractivity contribution is 0.0750. The monoisotopic (exact) mass is 360 g/mol. The molecule has 134 valence electrons. The lowest BCUT2D eigenvalue weighted by Gasteiger charge is -2.21. The van der Waals surface area contributed by atoms with Gasteiger partial charge in [-0.1, -0.05) is 42.0 Å². The summed E-state index contributed by atoms with van der Waals surface area (Å²) >= 11 is 1.66. The minimum atomic E-state index is -0.943. The molecule has 0 fully saturated rings. The summed E-state index contributed by atoms with van der Waals surface area (Å²) in [6.07, 6.45) is -0.943. The Bertz CT molecular complexity index is 691. The molecule has 25 heavy (non-hydrogen) atoms. The first-order valence-corrected chi connectivity index (χ1v) is 9.06. The fourth-order valence-corrected chi connectivity index (χ4v) is 3.17. The van der Waals surface area contributed by atoms with Gasteiger partial charge in [0.15, 0.2) is 0 Å². The van der Waals surface area contributed by atoms with E-state index < -0.39 is 6.10 Å². The van der Waals surface area contributed by atoms with Gasteiger partial charge in [-0.15, -0.1) is 11.8 Å². The third kappa shape index (κ3) is 6.08. The van der Waals surface area contributed by atoms with E-state index in [1.165, 1.54) is 16.0 Å². The van der Waals surface area contributed by atoms with E-state index in [1.54, 1.807) is 18.8 Å². The first-order chi connectivity index (χ1) is 12.0. The van der Waals surface area contributed by atoms with Crippen LogP contribution in [-0.2, 0) is 5.75 Å². The first-order valence-electron chi connectivity index (χ1n) is 8.08. The predicted octanol–water partition coefficient (Wildman–Crippen LogP) is 3.10. The Balaban J connectivity index is 1.99. The summed E-state index contributed by atoms with van der Waals surface area (Å²) in [5.41, 5.74) is 3.18. The molecule has 2 amide bonds. The summed E-state index contributed by atoms with van der Waals surface area (Å²) in [6.45, 7) is 1.76. The minimum Gasteiger partial charge on any atom is -0.394 e. The molecule has 0 aliphatic carbocycles. The van der Waals surface area contributed by atoms with E-state index in [2.05, 4.69) is 36.5 Å². The molecule has 0 aromatic heterocycles. The number of likely N-dealkylation sites (N-methyl/N-ethyl adjacent to an activating group) is 1. The fourth-order valence-electron chi connectivity index (χ4n) is 2.21. The Hall–Kier alpha value is -2.02. The predicted molar refractivity (Wildman–Crippen MR) is 102 cm³/mol. The third-order valence-corrected chi connectivity index (χ3v) is 4.83. The van der Waals surface area contributed by atoms with Crippen molar-refractivity contribution in [3.05, 3.63) is 59.7 Å². The molecule has 5 nitrogen and oxygen atoms in total. The van der Waals surface area contributed by atoms with Crippen molar-refractivity contribution >= 4 is 23.5 Å². The van der Waals surface area contributed by atoms with Gasteiger partial charge >= 0.3 is 6.03 Å². The molecule has 0 radical (unpaired) electrons. The molecular weight excluding hydrogens is 336 g/mol. The maximum Gasteiger partial charge on any atom is 0.321 e. The molecule has 0 saturated heterocycles. The number of nitrogens with zero attached hydrogens (tertiary/aromatic N) is 1. The van der Waals surface area contributed by atoms with Gasteiger partial charge in [0.25, 0.3) is 0 Å². The topological polar surface area (TPSA) is 72.8 Å². The zero-order chi connectivity index (χ0) is 18.2. The number of para-hydroxylation sites is 1. The summed E-state index contributed by atoms with van der Waals surface area (Å²) < 4.78 is 0. The number of anilines is 1. The van der Waals surface area contributed by atoms with Gasteiger partial charge in [0.1, 0.15) is 0 Å². The highest BCUT2D eigenvalue weighted by molar-refractivity contribution is 7.98. The summed E-state index contributed by atoms with van der Waals surface area (Å²) in [7, 11) is 1.58. The number of hydrogen-bond donors (Lipinski definition) is 3. The van der Waals surface area contributed by atoms with Crippen molar-refractivity contribution in [3.63, 3.8) is 0 Å². The van der Waals surface area contributed by atoms with E-state index >= 15 is 0 Å². The van der Waals surface area contributed by atoms with Crippen LogP contribution in [0.25, 0.3) is 0 Å². The van der Waals surface area contributed by atoms with Crippen LogP contribution in [0.15, 0.2) is 53.4 Å². The molecule has 0 spiro atoms.